The van der Waals surface area contributed by atoms with E-state index in [2.05, 4.69) is 33.1 Å². The van der Waals surface area contributed by atoms with Gasteiger partial charge in [0.15, 0.2) is 6.10 Å². The summed E-state index contributed by atoms with van der Waals surface area (Å²) in [6, 6.07) is 17.0. The Balaban J connectivity index is 1.79. The van der Waals surface area contributed by atoms with Gasteiger partial charge in [0.05, 0.1) is 6.54 Å². The van der Waals surface area contributed by atoms with Gasteiger partial charge in [-0.2, -0.15) is 0 Å². The van der Waals surface area contributed by atoms with E-state index in [4.69, 9.17) is 4.74 Å². The smallest absolute Gasteiger partial charge is 0.261 e. The summed E-state index contributed by atoms with van der Waals surface area (Å²) in [6.45, 7) is 2.00. The molecule has 0 aliphatic carbocycles. The van der Waals surface area contributed by atoms with Crippen molar-refractivity contribution in [1.82, 2.24) is 5.32 Å². The van der Waals surface area contributed by atoms with Crippen molar-refractivity contribution in [3.8, 4) is 17.6 Å². The zero-order valence-corrected chi connectivity index (χ0v) is 13.8. The van der Waals surface area contributed by atoms with Crippen LogP contribution in [-0.2, 0) is 4.79 Å². The lowest BCUT2D eigenvalue weighted by atomic mass is 10.2. The van der Waals surface area contributed by atoms with E-state index in [-0.39, 0.29) is 5.91 Å². The fraction of sp³-hybridized carbons (Fsp3) is 0.167. The van der Waals surface area contributed by atoms with Gasteiger partial charge in [0.1, 0.15) is 5.75 Å². The maximum Gasteiger partial charge on any atom is 0.261 e. The van der Waals surface area contributed by atoms with Crippen LogP contribution in [0, 0.1) is 11.8 Å². The van der Waals surface area contributed by atoms with Gasteiger partial charge in [-0.05, 0) is 43.3 Å². The van der Waals surface area contributed by atoms with Gasteiger partial charge in [0, 0.05) is 10.0 Å². The molecule has 0 aliphatic rings. The lowest BCUT2D eigenvalue weighted by Gasteiger charge is -2.13. The van der Waals surface area contributed by atoms with Crippen LogP contribution in [0.25, 0.3) is 0 Å². The van der Waals surface area contributed by atoms with Gasteiger partial charge in [0.25, 0.3) is 5.91 Å². The quantitative estimate of drug-likeness (QED) is 0.851. The highest BCUT2D eigenvalue weighted by atomic mass is 79.9. The molecular weight excluding hydrogens is 342 g/mol. The van der Waals surface area contributed by atoms with Crippen molar-refractivity contribution in [2.45, 2.75) is 13.0 Å². The Bertz CT molecular complexity index is 672. The van der Waals surface area contributed by atoms with Crippen LogP contribution in [-0.4, -0.2) is 18.6 Å². The molecule has 0 aromatic heterocycles. The van der Waals surface area contributed by atoms with Crippen LogP contribution in [0.15, 0.2) is 59.1 Å². The average Bonchev–Trinajstić information content (AvgIpc) is 2.54. The molecule has 0 bridgehead atoms. The van der Waals surface area contributed by atoms with Crippen LogP contribution in [0.2, 0.25) is 0 Å². The zero-order chi connectivity index (χ0) is 15.8. The van der Waals surface area contributed by atoms with E-state index in [1.165, 1.54) is 0 Å². The predicted molar refractivity (Wildman–Crippen MR) is 90.6 cm³/mol. The number of rotatable bonds is 4. The van der Waals surface area contributed by atoms with E-state index in [9.17, 15) is 4.79 Å². The zero-order valence-electron chi connectivity index (χ0n) is 12.2. The van der Waals surface area contributed by atoms with E-state index in [0.29, 0.717) is 12.3 Å². The molecule has 0 radical (unpaired) electrons. The molecule has 0 saturated carbocycles. The van der Waals surface area contributed by atoms with Crippen LogP contribution in [0.5, 0.6) is 5.75 Å². The topological polar surface area (TPSA) is 38.3 Å². The van der Waals surface area contributed by atoms with Crippen molar-refractivity contribution in [3.63, 3.8) is 0 Å². The fourth-order valence-electron chi connectivity index (χ4n) is 1.71. The van der Waals surface area contributed by atoms with Gasteiger partial charge in [-0.3, -0.25) is 4.79 Å². The minimum Gasteiger partial charge on any atom is -0.481 e. The number of benzene rings is 2. The molecule has 0 saturated heterocycles. The monoisotopic (exact) mass is 357 g/mol. The Morgan fingerprint density at radius 2 is 1.86 bits per heavy atom. The van der Waals surface area contributed by atoms with Crippen molar-refractivity contribution in [3.05, 3.63) is 64.6 Å². The minimum absolute atomic E-state index is 0.190. The van der Waals surface area contributed by atoms with Crippen LogP contribution in [0.3, 0.4) is 0 Å². The van der Waals surface area contributed by atoms with Crippen molar-refractivity contribution >= 4 is 21.8 Å². The van der Waals surface area contributed by atoms with Crippen molar-refractivity contribution in [1.29, 1.82) is 0 Å². The van der Waals surface area contributed by atoms with Gasteiger partial charge >= 0.3 is 0 Å². The van der Waals surface area contributed by atoms with E-state index in [0.717, 1.165) is 10.0 Å². The minimum atomic E-state index is -0.570. The highest BCUT2D eigenvalue weighted by Gasteiger charge is 2.13. The Morgan fingerprint density at radius 1 is 1.18 bits per heavy atom. The lowest BCUT2D eigenvalue weighted by Crippen LogP contribution is -2.36. The summed E-state index contributed by atoms with van der Waals surface area (Å²) in [5, 5.41) is 2.74. The third-order valence-electron chi connectivity index (χ3n) is 2.85. The standard InChI is InChI=1S/C18H16BrNO2/c1-14(22-17-11-9-16(19)10-12-17)18(21)20-13-5-8-15-6-3-2-4-7-15/h2-4,6-7,9-12,14H,13H2,1H3,(H,20,21). The second kappa shape index (κ2) is 8.26. The normalized spacial score (nSPS) is 11.0. The predicted octanol–water partition coefficient (Wildman–Crippen LogP) is 3.38. The Labute approximate surface area is 138 Å². The molecule has 0 fully saturated rings. The summed E-state index contributed by atoms with van der Waals surface area (Å²) in [5.74, 6) is 6.36. The molecule has 0 heterocycles. The highest BCUT2D eigenvalue weighted by Crippen LogP contribution is 2.17. The van der Waals surface area contributed by atoms with Gasteiger partial charge in [-0.1, -0.05) is 46.0 Å². The summed E-state index contributed by atoms with van der Waals surface area (Å²) in [7, 11) is 0. The van der Waals surface area contributed by atoms with Crippen LogP contribution in [0.1, 0.15) is 12.5 Å². The molecule has 1 atom stereocenters. The number of nitrogens with one attached hydrogen (secondary N) is 1. The summed E-state index contributed by atoms with van der Waals surface area (Å²) < 4.78 is 6.53. The molecule has 112 valence electrons. The van der Waals surface area contributed by atoms with E-state index in [1.54, 1.807) is 6.92 Å². The Hall–Kier alpha value is -2.25. The molecule has 22 heavy (non-hydrogen) atoms. The lowest BCUT2D eigenvalue weighted by molar-refractivity contribution is -0.126. The second-order valence-corrected chi connectivity index (χ2v) is 5.52. The van der Waals surface area contributed by atoms with Crippen LogP contribution in [0.4, 0.5) is 0 Å². The first-order valence-corrected chi connectivity index (χ1v) is 7.68. The average molecular weight is 358 g/mol. The molecule has 2 aromatic carbocycles. The van der Waals surface area contributed by atoms with Crippen molar-refractivity contribution < 1.29 is 9.53 Å². The fourth-order valence-corrected chi connectivity index (χ4v) is 1.98. The number of hydrogen-bond acceptors (Lipinski definition) is 2. The molecule has 1 N–H and O–H groups in total. The molecule has 0 spiro atoms. The van der Waals surface area contributed by atoms with Crippen molar-refractivity contribution in [2.75, 3.05) is 6.54 Å². The van der Waals surface area contributed by atoms with E-state index in [1.807, 2.05) is 54.6 Å². The molecule has 3 nitrogen and oxygen atoms in total. The molecule has 1 amide bonds. The summed E-state index contributed by atoms with van der Waals surface area (Å²) in [6.07, 6.45) is -0.570. The summed E-state index contributed by atoms with van der Waals surface area (Å²) >= 11 is 3.35. The molecule has 1 unspecified atom stereocenters. The van der Waals surface area contributed by atoms with Crippen LogP contribution >= 0.6 is 15.9 Å². The largest absolute Gasteiger partial charge is 0.481 e. The Kier molecular flexibility index (Phi) is 6.05. The number of carbonyl (C=O) groups excluding carboxylic acids is 1. The van der Waals surface area contributed by atoms with E-state index >= 15 is 0 Å². The molecule has 0 aliphatic heterocycles. The molecule has 2 rings (SSSR count). The number of carbonyl (C=O) groups is 1. The first-order chi connectivity index (χ1) is 10.6. The van der Waals surface area contributed by atoms with Gasteiger partial charge < -0.3 is 10.1 Å². The number of ether oxygens (including phenoxy) is 1. The van der Waals surface area contributed by atoms with E-state index < -0.39 is 6.10 Å². The highest BCUT2D eigenvalue weighted by molar-refractivity contribution is 9.10. The number of amides is 1. The summed E-state index contributed by atoms with van der Waals surface area (Å²) in [4.78, 5) is 11.9. The Morgan fingerprint density at radius 3 is 2.55 bits per heavy atom. The number of halogens is 1. The van der Waals surface area contributed by atoms with Crippen molar-refractivity contribution in [2.24, 2.45) is 0 Å². The number of hydrogen-bond donors (Lipinski definition) is 1. The van der Waals surface area contributed by atoms with Gasteiger partial charge in [0.2, 0.25) is 0 Å². The molecular formula is C18H16BrNO2. The third-order valence-corrected chi connectivity index (χ3v) is 3.38. The third kappa shape index (κ3) is 5.27. The molecule has 2 aromatic rings. The first-order valence-electron chi connectivity index (χ1n) is 6.89. The first kappa shape index (κ1) is 16.1. The molecule has 4 heteroatoms. The van der Waals surface area contributed by atoms with Gasteiger partial charge in [-0.25, -0.2) is 0 Å². The van der Waals surface area contributed by atoms with Gasteiger partial charge in [-0.15, -0.1) is 0 Å². The SMILES string of the molecule is CC(Oc1ccc(Br)cc1)C(=O)NCC#Cc1ccccc1. The second-order valence-electron chi connectivity index (χ2n) is 4.60. The van der Waals surface area contributed by atoms with Crippen LogP contribution < -0.4 is 10.1 Å². The maximum absolute atomic E-state index is 11.9. The summed E-state index contributed by atoms with van der Waals surface area (Å²) in [5.41, 5.74) is 0.927. The maximum atomic E-state index is 11.9.